The number of aryl methyl sites for hydroxylation is 1. The molecule has 2 heterocycles. The van der Waals surface area contributed by atoms with E-state index in [-0.39, 0.29) is 11.8 Å². The summed E-state index contributed by atoms with van der Waals surface area (Å²) in [6.07, 6.45) is 2.29. The molecule has 104 valence electrons. The minimum atomic E-state index is -0.236. The third-order valence-electron chi connectivity index (χ3n) is 2.90. The molecule has 0 N–H and O–H groups in total. The Labute approximate surface area is 116 Å². The van der Waals surface area contributed by atoms with Gasteiger partial charge in [0.15, 0.2) is 6.29 Å². The average Bonchev–Trinajstić information content (AvgIpc) is 2.87. The van der Waals surface area contributed by atoms with Crippen molar-refractivity contribution in [2.75, 3.05) is 13.2 Å². The molecule has 2 rings (SSSR count). The second kappa shape index (κ2) is 6.84. The van der Waals surface area contributed by atoms with E-state index in [2.05, 4.69) is 0 Å². The number of rotatable bonds is 7. The lowest BCUT2D eigenvalue weighted by molar-refractivity contribution is -0.141. The first-order valence-electron chi connectivity index (χ1n) is 6.56. The number of hydrogen-bond acceptors (Lipinski definition) is 4. The zero-order chi connectivity index (χ0) is 13.7. The van der Waals surface area contributed by atoms with Gasteiger partial charge in [-0.1, -0.05) is 0 Å². The maximum Gasteiger partial charge on any atom is 0.259 e. The van der Waals surface area contributed by atoms with Crippen LogP contribution in [0.15, 0.2) is 28.5 Å². The van der Waals surface area contributed by atoms with Gasteiger partial charge in [-0.3, -0.25) is 4.79 Å². The van der Waals surface area contributed by atoms with E-state index in [1.807, 2.05) is 37.6 Å². The van der Waals surface area contributed by atoms with Gasteiger partial charge < -0.3 is 14.0 Å². The monoisotopic (exact) mass is 281 g/mol. The van der Waals surface area contributed by atoms with Gasteiger partial charge in [-0.2, -0.15) is 0 Å². The Hall–Kier alpha value is -1.17. The van der Waals surface area contributed by atoms with Gasteiger partial charge >= 0.3 is 0 Å². The van der Waals surface area contributed by atoms with Crippen LogP contribution >= 0.6 is 11.3 Å². The maximum absolute atomic E-state index is 12.2. The zero-order valence-electron chi connectivity index (χ0n) is 11.3. The molecule has 0 saturated carbocycles. The number of nitrogens with zero attached hydrogens (tertiary/aromatic N) is 1. The standard InChI is InChI=1S/C14H19NO3S/c1-3-17-13(18-4-2)6-9-15-8-5-12-11(14(15)16)7-10-19-12/h5,7-8,10,13H,3-4,6,9H2,1-2H3. The van der Waals surface area contributed by atoms with Crippen LogP contribution in [0.25, 0.3) is 10.1 Å². The number of ether oxygens (including phenoxy) is 2. The summed E-state index contributed by atoms with van der Waals surface area (Å²) in [5.41, 5.74) is 0.0606. The normalized spacial score (nSPS) is 11.5. The topological polar surface area (TPSA) is 40.5 Å². The number of aromatic nitrogens is 1. The molecule has 4 nitrogen and oxygen atoms in total. The number of pyridine rings is 1. The Balaban J connectivity index is 2.08. The highest BCUT2D eigenvalue weighted by Gasteiger charge is 2.09. The molecule has 2 aromatic rings. The molecule has 0 aliphatic carbocycles. The Bertz CT molecular complexity index is 569. The third kappa shape index (κ3) is 3.43. The number of hydrogen-bond donors (Lipinski definition) is 0. The van der Waals surface area contributed by atoms with E-state index in [4.69, 9.17) is 9.47 Å². The molecule has 0 radical (unpaired) electrons. The molecule has 2 aromatic heterocycles. The van der Waals surface area contributed by atoms with Gasteiger partial charge in [-0.25, -0.2) is 0 Å². The second-order valence-corrected chi connectivity index (χ2v) is 5.09. The van der Waals surface area contributed by atoms with Crippen LogP contribution in [0.1, 0.15) is 20.3 Å². The predicted molar refractivity (Wildman–Crippen MR) is 77.7 cm³/mol. The van der Waals surface area contributed by atoms with E-state index >= 15 is 0 Å². The summed E-state index contributed by atoms with van der Waals surface area (Å²) in [6.45, 7) is 5.72. The van der Waals surface area contributed by atoms with E-state index in [0.29, 0.717) is 26.2 Å². The molecular weight excluding hydrogens is 262 g/mol. The van der Waals surface area contributed by atoms with Crippen LogP contribution in [0.2, 0.25) is 0 Å². The maximum atomic E-state index is 12.2. The van der Waals surface area contributed by atoms with Crippen molar-refractivity contribution in [2.45, 2.75) is 33.1 Å². The molecule has 0 aromatic carbocycles. The van der Waals surface area contributed by atoms with Gasteiger partial charge in [0.25, 0.3) is 5.56 Å². The first-order chi connectivity index (χ1) is 9.26. The van der Waals surface area contributed by atoms with E-state index in [1.54, 1.807) is 15.9 Å². The molecule has 0 unspecified atom stereocenters. The van der Waals surface area contributed by atoms with Crippen LogP contribution in [0.4, 0.5) is 0 Å². The number of thiophene rings is 1. The quantitative estimate of drug-likeness (QED) is 0.733. The van der Waals surface area contributed by atoms with Crippen molar-refractivity contribution in [3.8, 4) is 0 Å². The van der Waals surface area contributed by atoms with Crippen molar-refractivity contribution >= 4 is 21.4 Å². The first kappa shape index (κ1) is 14.2. The summed E-state index contributed by atoms with van der Waals surface area (Å²) in [5, 5.41) is 2.73. The van der Waals surface area contributed by atoms with Gasteiger partial charge in [-0.15, -0.1) is 11.3 Å². The fourth-order valence-corrected chi connectivity index (χ4v) is 2.79. The van der Waals surface area contributed by atoms with Crippen LogP contribution in [0, 0.1) is 0 Å². The third-order valence-corrected chi connectivity index (χ3v) is 3.79. The van der Waals surface area contributed by atoms with Gasteiger partial charge in [0.05, 0.1) is 5.39 Å². The Morgan fingerprint density at radius 2 is 2.00 bits per heavy atom. The van der Waals surface area contributed by atoms with E-state index in [0.717, 1.165) is 10.1 Å². The average molecular weight is 281 g/mol. The van der Waals surface area contributed by atoms with Crippen LogP contribution < -0.4 is 5.56 Å². The van der Waals surface area contributed by atoms with Crippen LogP contribution in [0.3, 0.4) is 0 Å². The molecule has 0 aliphatic rings. The minimum Gasteiger partial charge on any atom is -0.353 e. The van der Waals surface area contributed by atoms with E-state index in [1.165, 1.54) is 0 Å². The lowest BCUT2D eigenvalue weighted by atomic mass is 10.3. The summed E-state index contributed by atoms with van der Waals surface area (Å²) in [7, 11) is 0. The van der Waals surface area contributed by atoms with Crippen molar-refractivity contribution in [1.29, 1.82) is 0 Å². The van der Waals surface area contributed by atoms with Crippen molar-refractivity contribution in [3.63, 3.8) is 0 Å². The lowest BCUT2D eigenvalue weighted by Gasteiger charge is -2.17. The summed E-state index contributed by atoms with van der Waals surface area (Å²) in [4.78, 5) is 12.2. The Morgan fingerprint density at radius 3 is 2.68 bits per heavy atom. The molecule has 0 fully saturated rings. The molecule has 0 spiro atoms. The summed E-state index contributed by atoms with van der Waals surface area (Å²) in [6, 6.07) is 3.86. The molecule has 0 amide bonds. The van der Waals surface area contributed by atoms with Crippen LogP contribution in [-0.2, 0) is 16.0 Å². The SMILES string of the molecule is CCOC(CCn1ccc2sccc2c1=O)OCC. The summed E-state index contributed by atoms with van der Waals surface area (Å²) in [5.74, 6) is 0. The van der Waals surface area contributed by atoms with Gasteiger partial charge in [0, 0.05) is 37.1 Å². The van der Waals surface area contributed by atoms with Gasteiger partial charge in [0.2, 0.25) is 0 Å². The van der Waals surface area contributed by atoms with Crippen LogP contribution in [-0.4, -0.2) is 24.1 Å². The molecule has 19 heavy (non-hydrogen) atoms. The molecule has 5 heteroatoms. The Kier molecular flexibility index (Phi) is 5.13. The van der Waals surface area contributed by atoms with E-state index < -0.39 is 0 Å². The van der Waals surface area contributed by atoms with Gasteiger partial charge in [-0.05, 0) is 31.4 Å². The highest BCUT2D eigenvalue weighted by molar-refractivity contribution is 7.17. The molecule has 0 saturated heterocycles. The smallest absolute Gasteiger partial charge is 0.259 e. The molecule has 0 bridgehead atoms. The molecule has 0 aliphatic heterocycles. The van der Waals surface area contributed by atoms with Crippen molar-refractivity contribution < 1.29 is 9.47 Å². The molecular formula is C14H19NO3S. The highest BCUT2D eigenvalue weighted by Crippen LogP contribution is 2.16. The Morgan fingerprint density at radius 1 is 1.26 bits per heavy atom. The number of fused-ring (bicyclic) bond motifs is 1. The highest BCUT2D eigenvalue weighted by atomic mass is 32.1. The van der Waals surface area contributed by atoms with Crippen molar-refractivity contribution in [2.24, 2.45) is 0 Å². The minimum absolute atomic E-state index is 0.0606. The van der Waals surface area contributed by atoms with E-state index in [9.17, 15) is 4.79 Å². The predicted octanol–water partition coefficient (Wildman–Crippen LogP) is 2.85. The summed E-state index contributed by atoms with van der Waals surface area (Å²) < 4.78 is 13.7. The fraction of sp³-hybridized carbons (Fsp3) is 0.500. The fourth-order valence-electron chi connectivity index (χ4n) is 2.01. The molecule has 0 atom stereocenters. The second-order valence-electron chi connectivity index (χ2n) is 4.14. The zero-order valence-corrected chi connectivity index (χ0v) is 12.1. The lowest BCUT2D eigenvalue weighted by Crippen LogP contribution is -2.24. The van der Waals surface area contributed by atoms with Gasteiger partial charge in [0.1, 0.15) is 0 Å². The first-order valence-corrected chi connectivity index (χ1v) is 7.44. The largest absolute Gasteiger partial charge is 0.353 e. The van der Waals surface area contributed by atoms with Crippen molar-refractivity contribution in [1.82, 2.24) is 4.57 Å². The van der Waals surface area contributed by atoms with Crippen molar-refractivity contribution in [3.05, 3.63) is 34.1 Å². The van der Waals surface area contributed by atoms with Crippen LogP contribution in [0.5, 0.6) is 0 Å². The summed E-state index contributed by atoms with van der Waals surface area (Å²) >= 11 is 1.59.